The summed E-state index contributed by atoms with van der Waals surface area (Å²) in [6.07, 6.45) is 5.69. The van der Waals surface area contributed by atoms with Crippen molar-refractivity contribution >= 4 is 21.4 Å². The van der Waals surface area contributed by atoms with E-state index in [2.05, 4.69) is 46.4 Å². The molecule has 1 aromatic carbocycles. The topological polar surface area (TPSA) is 29.0 Å². The molecule has 0 bridgehead atoms. The van der Waals surface area contributed by atoms with Gasteiger partial charge in [0.2, 0.25) is 0 Å². The van der Waals surface area contributed by atoms with Gasteiger partial charge in [0, 0.05) is 41.3 Å². The zero-order valence-electron chi connectivity index (χ0n) is 13.0. The van der Waals surface area contributed by atoms with Gasteiger partial charge in [-0.15, -0.1) is 11.3 Å². The molecule has 23 heavy (non-hydrogen) atoms. The van der Waals surface area contributed by atoms with Crippen LogP contribution in [0.2, 0.25) is 0 Å². The zero-order chi connectivity index (χ0) is 15.2. The smallest absolute Gasteiger partial charge is 0.131 e. The van der Waals surface area contributed by atoms with E-state index in [4.69, 9.17) is 4.98 Å². The first-order chi connectivity index (χ1) is 11.3. The molecule has 1 fully saturated rings. The Balaban J connectivity index is 1.37. The Morgan fingerprint density at radius 3 is 3.00 bits per heavy atom. The van der Waals surface area contributed by atoms with Gasteiger partial charge in [0.05, 0.1) is 5.69 Å². The Morgan fingerprint density at radius 2 is 2.13 bits per heavy atom. The second kappa shape index (κ2) is 5.39. The number of nitrogens with zero attached hydrogens (tertiary/aromatic N) is 3. The third-order valence-corrected chi connectivity index (χ3v) is 5.94. The van der Waals surface area contributed by atoms with E-state index in [0.717, 1.165) is 31.9 Å². The number of hydrogen-bond acceptors (Lipinski definition) is 4. The summed E-state index contributed by atoms with van der Waals surface area (Å²) >= 11 is 1.92. The summed E-state index contributed by atoms with van der Waals surface area (Å²) in [6, 6.07) is 11.0. The third-order valence-electron chi connectivity index (χ3n) is 4.84. The van der Waals surface area contributed by atoms with Crippen LogP contribution in [-0.4, -0.2) is 21.4 Å². The molecule has 116 valence electrons. The summed E-state index contributed by atoms with van der Waals surface area (Å²) in [7, 11) is 0. The lowest BCUT2D eigenvalue weighted by Gasteiger charge is -2.27. The van der Waals surface area contributed by atoms with E-state index in [1.54, 1.807) is 0 Å². The van der Waals surface area contributed by atoms with Crippen molar-refractivity contribution in [3.8, 4) is 0 Å². The van der Waals surface area contributed by atoms with Crippen LogP contribution >= 0.6 is 11.3 Å². The maximum atomic E-state index is 4.86. The number of rotatable bonds is 3. The van der Waals surface area contributed by atoms with E-state index < -0.39 is 0 Å². The van der Waals surface area contributed by atoms with Gasteiger partial charge >= 0.3 is 0 Å². The van der Waals surface area contributed by atoms with Gasteiger partial charge in [-0.25, -0.2) is 9.97 Å². The van der Waals surface area contributed by atoms with Crippen molar-refractivity contribution in [1.29, 1.82) is 0 Å². The summed E-state index contributed by atoms with van der Waals surface area (Å²) in [6.45, 7) is 3.10. The average Bonchev–Trinajstić information content (AvgIpc) is 3.34. The SMILES string of the molecule is c1ccc2sc(CN3CCc4cnc(C5CC5)nc4C3)cc2c1. The van der Waals surface area contributed by atoms with Gasteiger partial charge in [-0.3, -0.25) is 4.90 Å². The van der Waals surface area contributed by atoms with Gasteiger partial charge in [-0.1, -0.05) is 18.2 Å². The first-order valence-corrected chi connectivity index (χ1v) is 9.21. The molecule has 0 unspecified atom stereocenters. The van der Waals surface area contributed by atoms with Crippen LogP contribution in [-0.2, 0) is 19.5 Å². The molecule has 1 aliphatic carbocycles. The monoisotopic (exact) mass is 321 g/mol. The lowest BCUT2D eigenvalue weighted by atomic mass is 10.1. The molecule has 3 aromatic rings. The van der Waals surface area contributed by atoms with Crippen LogP contribution in [0, 0.1) is 0 Å². The lowest BCUT2D eigenvalue weighted by molar-refractivity contribution is 0.243. The average molecular weight is 321 g/mol. The molecule has 5 rings (SSSR count). The molecule has 2 aromatic heterocycles. The highest BCUT2D eigenvalue weighted by molar-refractivity contribution is 7.19. The van der Waals surface area contributed by atoms with E-state index >= 15 is 0 Å². The Kier molecular flexibility index (Phi) is 3.20. The second-order valence-corrected chi connectivity index (χ2v) is 7.85. The maximum absolute atomic E-state index is 4.86. The molecule has 0 radical (unpaired) electrons. The van der Waals surface area contributed by atoms with Crippen LogP contribution in [0.3, 0.4) is 0 Å². The largest absolute Gasteiger partial charge is 0.292 e. The quantitative estimate of drug-likeness (QED) is 0.726. The number of fused-ring (bicyclic) bond motifs is 2. The maximum Gasteiger partial charge on any atom is 0.131 e. The summed E-state index contributed by atoms with van der Waals surface area (Å²) in [5.74, 6) is 1.71. The van der Waals surface area contributed by atoms with E-state index in [9.17, 15) is 0 Å². The Hall–Kier alpha value is -1.78. The minimum Gasteiger partial charge on any atom is -0.292 e. The minimum absolute atomic E-state index is 0.637. The zero-order valence-corrected chi connectivity index (χ0v) is 13.9. The Morgan fingerprint density at radius 1 is 1.22 bits per heavy atom. The molecular formula is C19H19N3S. The predicted octanol–water partition coefficient (Wildman–Crippen LogP) is 4.13. The summed E-state index contributed by atoms with van der Waals surface area (Å²) in [5, 5.41) is 1.36. The predicted molar refractivity (Wildman–Crippen MR) is 93.7 cm³/mol. The second-order valence-electron chi connectivity index (χ2n) is 6.69. The minimum atomic E-state index is 0.637. The van der Waals surface area contributed by atoms with Crippen molar-refractivity contribution < 1.29 is 0 Å². The van der Waals surface area contributed by atoms with Crippen molar-refractivity contribution in [3.63, 3.8) is 0 Å². The van der Waals surface area contributed by atoms with Crippen molar-refractivity contribution in [2.24, 2.45) is 0 Å². The van der Waals surface area contributed by atoms with E-state index in [1.165, 1.54) is 39.1 Å². The molecule has 1 aliphatic heterocycles. The molecule has 0 N–H and O–H groups in total. The molecule has 3 nitrogen and oxygen atoms in total. The van der Waals surface area contributed by atoms with Crippen molar-refractivity contribution in [2.45, 2.75) is 38.3 Å². The molecule has 4 heteroatoms. The number of aromatic nitrogens is 2. The highest BCUT2D eigenvalue weighted by Crippen LogP contribution is 2.38. The Labute approximate surface area is 140 Å². The fourth-order valence-corrected chi connectivity index (χ4v) is 4.49. The first kappa shape index (κ1) is 13.6. The van der Waals surface area contributed by atoms with Gasteiger partial charge in [0.15, 0.2) is 0 Å². The number of hydrogen-bond donors (Lipinski definition) is 0. The van der Waals surface area contributed by atoms with Crippen LogP contribution in [0.4, 0.5) is 0 Å². The Bertz CT molecular complexity index is 833. The summed E-state index contributed by atoms with van der Waals surface area (Å²) < 4.78 is 1.39. The van der Waals surface area contributed by atoms with Crippen molar-refractivity contribution in [3.05, 3.63) is 58.5 Å². The fourth-order valence-electron chi connectivity index (χ4n) is 3.38. The summed E-state index contributed by atoms with van der Waals surface area (Å²) in [4.78, 5) is 13.4. The number of benzene rings is 1. The molecule has 0 spiro atoms. The molecular weight excluding hydrogens is 302 g/mol. The van der Waals surface area contributed by atoms with Crippen LogP contribution in [0.1, 0.15) is 40.7 Å². The number of thiophene rings is 1. The van der Waals surface area contributed by atoms with E-state index in [0.29, 0.717) is 5.92 Å². The normalized spacial score (nSPS) is 18.3. The van der Waals surface area contributed by atoms with Gasteiger partial charge in [0.25, 0.3) is 0 Å². The highest BCUT2D eigenvalue weighted by atomic mass is 32.1. The van der Waals surface area contributed by atoms with Gasteiger partial charge in [-0.05, 0) is 42.3 Å². The van der Waals surface area contributed by atoms with Crippen LogP contribution < -0.4 is 0 Å². The van der Waals surface area contributed by atoms with Gasteiger partial charge < -0.3 is 0 Å². The van der Waals surface area contributed by atoms with E-state index in [-0.39, 0.29) is 0 Å². The van der Waals surface area contributed by atoms with Crippen LogP contribution in [0.25, 0.3) is 10.1 Å². The first-order valence-electron chi connectivity index (χ1n) is 8.40. The summed E-state index contributed by atoms with van der Waals surface area (Å²) in [5.41, 5.74) is 2.61. The molecule has 0 saturated heterocycles. The van der Waals surface area contributed by atoms with Crippen molar-refractivity contribution in [2.75, 3.05) is 6.54 Å². The van der Waals surface area contributed by atoms with E-state index in [1.807, 2.05) is 11.3 Å². The van der Waals surface area contributed by atoms with Crippen molar-refractivity contribution in [1.82, 2.24) is 14.9 Å². The van der Waals surface area contributed by atoms with Gasteiger partial charge in [0.1, 0.15) is 5.82 Å². The third kappa shape index (κ3) is 2.66. The lowest BCUT2D eigenvalue weighted by Crippen LogP contribution is -2.31. The molecule has 2 aliphatic rings. The molecule has 0 atom stereocenters. The molecule has 3 heterocycles. The van der Waals surface area contributed by atoms with Crippen LogP contribution in [0.15, 0.2) is 36.5 Å². The molecule has 0 amide bonds. The fraction of sp³-hybridized carbons (Fsp3) is 0.368. The highest BCUT2D eigenvalue weighted by Gasteiger charge is 2.28. The van der Waals surface area contributed by atoms with Gasteiger partial charge in [-0.2, -0.15) is 0 Å². The van der Waals surface area contributed by atoms with Crippen LogP contribution in [0.5, 0.6) is 0 Å². The standard InChI is InChI=1S/C19H19N3S/c1-2-4-18-14(3-1)9-16(23-18)11-22-8-7-15-10-20-19(13-5-6-13)21-17(15)12-22/h1-4,9-10,13H,5-8,11-12H2. The molecule has 1 saturated carbocycles.